The van der Waals surface area contributed by atoms with Gasteiger partial charge in [-0.2, -0.15) is 0 Å². The van der Waals surface area contributed by atoms with E-state index in [4.69, 9.17) is 3.79 Å². The lowest BCUT2D eigenvalue weighted by atomic mass is 9.96. The number of hydrogen-bond donors (Lipinski definition) is 0. The van der Waals surface area contributed by atoms with Crippen molar-refractivity contribution in [3.63, 3.8) is 0 Å². The fourth-order valence-electron chi connectivity index (χ4n) is 1.02. The second kappa shape index (κ2) is 4.19. The fraction of sp³-hybridized carbons (Fsp3) is 0.778. The molecular weight excluding hydrogens is 151 g/mol. The smallest absolute Gasteiger partial charge is 0.539 e. The molecule has 0 spiro atoms. The first-order valence-electron chi connectivity index (χ1n) is 4.17. The summed E-state index contributed by atoms with van der Waals surface area (Å²) in [5, 5.41) is 0. The second-order valence-corrected chi connectivity index (χ2v) is 6.62. The van der Waals surface area contributed by atoms with Crippen molar-refractivity contribution in [2.45, 2.75) is 39.3 Å². The van der Waals surface area contributed by atoms with Gasteiger partial charge >= 0.3 is 14.5 Å². The SMILES string of the molecule is C/C(=C\C(C)(C)C)[O][Al]([CH3])[CH3]. The molecule has 0 atom stereocenters. The molecule has 0 aliphatic heterocycles. The summed E-state index contributed by atoms with van der Waals surface area (Å²) in [5.41, 5.74) is 0.243. The molecule has 0 bridgehead atoms. The van der Waals surface area contributed by atoms with Crippen LogP contribution in [0.4, 0.5) is 0 Å². The molecule has 0 radical (unpaired) electrons. The lowest BCUT2D eigenvalue weighted by molar-refractivity contribution is 0.418. The Kier molecular flexibility index (Phi) is 4.21. The third kappa shape index (κ3) is 7.97. The van der Waals surface area contributed by atoms with E-state index in [2.05, 4.69) is 38.4 Å². The van der Waals surface area contributed by atoms with Crippen molar-refractivity contribution in [2.75, 3.05) is 0 Å². The molecule has 2 heteroatoms. The van der Waals surface area contributed by atoms with Gasteiger partial charge in [-0.15, -0.1) is 0 Å². The summed E-state index contributed by atoms with van der Waals surface area (Å²) in [6, 6.07) is 0. The Bertz CT molecular complexity index is 142. The van der Waals surface area contributed by atoms with Gasteiger partial charge in [0.2, 0.25) is 0 Å². The standard InChI is InChI=1S/C7H14O.2CH3.Al/c1-6(8)5-7(2,3)4;;;/h5,8H,1-4H3;2*1H3;/q;;;+1/p-1/b6-5+;;;. The van der Waals surface area contributed by atoms with Crippen LogP contribution in [0.2, 0.25) is 11.6 Å². The van der Waals surface area contributed by atoms with Crippen LogP contribution in [0.25, 0.3) is 0 Å². The number of rotatable bonds is 2. The first-order chi connectivity index (χ1) is 4.81. The minimum absolute atomic E-state index is 0.243. The van der Waals surface area contributed by atoms with E-state index in [9.17, 15) is 0 Å². The van der Waals surface area contributed by atoms with Crippen molar-refractivity contribution >= 4 is 14.5 Å². The van der Waals surface area contributed by atoms with E-state index >= 15 is 0 Å². The van der Waals surface area contributed by atoms with Crippen LogP contribution >= 0.6 is 0 Å². The summed E-state index contributed by atoms with van der Waals surface area (Å²) in [5.74, 6) is 5.44. The number of allylic oxidation sites excluding steroid dienone is 2. The highest BCUT2D eigenvalue weighted by molar-refractivity contribution is 6.48. The van der Waals surface area contributed by atoms with Crippen LogP contribution in [-0.4, -0.2) is 14.5 Å². The van der Waals surface area contributed by atoms with Crippen LogP contribution in [0.1, 0.15) is 27.7 Å². The molecule has 0 aromatic rings. The predicted octanol–water partition coefficient (Wildman–Crippen LogP) is 3.20. The number of hydrogen-bond acceptors (Lipinski definition) is 1. The Morgan fingerprint density at radius 2 is 1.73 bits per heavy atom. The van der Waals surface area contributed by atoms with E-state index in [-0.39, 0.29) is 5.41 Å². The average molecular weight is 170 g/mol. The van der Waals surface area contributed by atoms with Crippen LogP contribution in [0.3, 0.4) is 0 Å². The zero-order valence-corrected chi connectivity index (χ0v) is 9.72. The molecule has 0 N–H and O–H groups in total. The van der Waals surface area contributed by atoms with Crippen LogP contribution in [0, 0.1) is 5.41 Å². The van der Waals surface area contributed by atoms with Gasteiger partial charge in [-0.1, -0.05) is 32.3 Å². The topological polar surface area (TPSA) is 9.23 Å². The van der Waals surface area contributed by atoms with Gasteiger partial charge in [0.15, 0.2) is 0 Å². The van der Waals surface area contributed by atoms with Gasteiger partial charge in [0, 0.05) is 5.76 Å². The second-order valence-electron chi connectivity index (χ2n) is 4.29. The predicted molar refractivity (Wildman–Crippen MR) is 51.8 cm³/mol. The molecule has 1 nitrogen and oxygen atoms in total. The van der Waals surface area contributed by atoms with Gasteiger partial charge in [0.25, 0.3) is 0 Å². The molecule has 0 saturated heterocycles. The van der Waals surface area contributed by atoms with Gasteiger partial charge in [0.1, 0.15) is 0 Å². The maximum absolute atomic E-state index is 5.63. The summed E-state index contributed by atoms with van der Waals surface area (Å²) in [4.78, 5) is 0. The first kappa shape index (κ1) is 11.1. The minimum Gasteiger partial charge on any atom is -0.646 e. The van der Waals surface area contributed by atoms with Crippen molar-refractivity contribution in [1.82, 2.24) is 0 Å². The van der Waals surface area contributed by atoms with Gasteiger partial charge < -0.3 is 3.79 Å². The molecule has 0 unspecified atom stereocenters. The zero-order valence-electron chi connectivity index (χ0n) is 8.56. The van der Waals surface area contributed by atoms with Gasteiger partial charge in [-0.3, -0.25) is 0 Å². The lowest BCUT2D eigenvalue weighted by Crippen LogP contribution is -2.08. The summed E-state index contributed by atoms with van der Waals surface area (Å²) >= 11 is -0.886. The highest BCUT2D eigenvalue weighted by atomic mass is 27.2. The summed E-state index contributed by atoms with van der Waals surface area (Å²) < 4.78 is 5.63. The molecule has 0 rings (SSSR count). The molecule has 0 aromatic heterocycles. The van der Waals surface area contributed by atoms with Crippen LogP contribution in [0.15, 0.2) is 11.8 Å². The first-order valence-corrected chi connectivity index (χ1v) is 6.95. The molecule has 64 valence electrons. The lowest BCUT2D eigenvalue weighted by Gasteiger charge is -2.16. The molecule has 0 aliphatic carbocycles. The Balaban J connectivity index is 4.01. The Labute approximate surface area is 75.2 Å². The van der Waals surface area contributed by atoms with Crippen molar-refractivity contribution in [2.24, 2.45) is 5.41 Å². The molecule has 0 saturated carbocycles. The van der Waals surface area contributed by atoms with E-state index in [1.807, 2.05) is 6.92 Å². The monoisotopic (exact) mass is 170 g/mol. The Hall–Kier alpha value is 0.0725. The molecule has 0 aliphatic rings. The zero-order chi connectivity index (χ0) is 9.07. The van der Waals surface area contributed by atoms with Gasteiger partial charge in [-0.05, 0) is 18.4 Å². The summed E-state index contributed by atoms with van der Waals surface area (Å²) in [7, 11) is 0. The van der Waals surface area contributed by atoms with Crippen LogP contribution in [0.5, 0.6) is 0 Å². The van der Waals surface area contributed by atoms with E-state index in [0.29, 0.717) is 0 Å². The van der Waals surface area contributed by atoms with Crippen LogP contribution in [-0.2, 0) is 3.79 Å². The van der Waals surface area contributed by atoms with Crippen LogP contribution < -0.4 is 0 Å². The van der Waals surface area contributed by atoms with Crippen molar-refractivity contribution < 1.29 is 3.79 Å². The van der Waals surface area contributed by atoms with Gasteiger partial charge in [0.05, 0.1) is 0 Å². The minimum atomic E-state index is -0.886. The average Bonchev–Trinajstić information content (AvgIpc) is 1.53. The molecule has 0 amide bonds. The van der Waals surface area contributed by atoms with E-state index < -0.39 is 14.5 Å². The quantitative estimate of drug-likeness (QED) is 0.456. The molecule has 0 fully saturated rings. The molecular formula is C9H19AlO. The van der Waals surface area contributed by atoms with E-state index in [0.717, 1.165) is 5.76 Å². The van der Waals surface area contributed by atoms with Crippen molar-refractivity contribution in [3.8, 4) is 0 Å². The highest BCUT2D eigenvalue weighted by Gasteiger charge is 2.10. The Morgan fingerprint density at radius 3 is 2.00 bits per heavy atom. The maximum Gasteiger partial charge on any atom is 0.539 e. The normalized spacial score (nSPS) is 13.1. The molecule has 0 aromatic carbocycles. The third-order valence-electron chi connectivity index (χ3n) is 1.06. The maximum atomic E-state index is 5.63. The van der Waals surface area contributed by atoms with Crippen molar-refractivity contribution in [1.29, 1.82) is 0 Å². The molecule has 11 heavy (non-hydrogen) atoms. The summed E-state index contributed by atoms with van der Waals surface area (Å²) in [6.45, 7) is 8.59. The van der Waals surface area contributed by atoms with E-state index in [1.165, 1.54) is 0 Å². The Morgan fingerprint density at radius 1 is 1.27 bits per heavy atom. The fourth-order valence-corrected chi connectivity index (χ4v) is 1.83. The van der Waals surface area contributed by atoms with E-state index in [1.54, 1.807) is 0 Å². The third-order valence-corrected chi connectivity index (χ3v) is 1.90. The highest BCUT2D eigenvalue weighted by Crippen LogP contribution is 2.17. The van der Waals surface area contributed by atoms with Crippen molar-refractivity contribution in [3.05, 3.63) is 11.8 Å². The summed E-state index contributed by atoms with van der Waals surface area (Å²) in [6.07, 6.45) is 2.18. The van der Waals surface area contributed by atoms with Gasteiger partial charge in [-0.25, -0.2) is 0 Å². The largest absolute Gasteiger partial charge is 0.646 e. The molecule has 0 heterocycles.